The molecule has 1 aromatic carbocycles. The molecule has 0 fully saturated rings. The van der Waals surface area contributed by atoms with Crippen molar-refractivity contribution in [3.05, 3.63) is 46.6 Å². The van der Waals surface area contributed by atoms with Gasteiger partial charge in [0.1, 0.15) is 22.6 Å². The number of hydrogen-bond donors (Lipinski definition) is 1. The van der Waals surface area contributed by atoms with Gasteiger partial charge in [-0.3, -0.25) is 0 Å². The maximum absolute atomic E-state index is 13.5. The molecular weight excluding hydrogens is 361 g/mol. The van der Waals surface area contributed by atoms with Gasteiger partial charge in [0.25, 0.3) is 0 Å². The zero-order valence-electron chi connectivity index (χ0n) is 13.1. The van der Waals surface area contributed by atoms with E-state index in [2.05, 4.69) is 50.2 Å². The number of aromatic nitrogens is 4. The topological polar surface area (TPSA) is 55.6 Å². The molecule has 1 N–H and O–H groups in total. The molecule has 3 rings (SSSR count). The molecule has 0 amide bonds. The van der Waals surface area contributed by atoms with Gasteiger partial charge in [0, 0.05) is 19.0 Å². The third-order valence-electron chi connectivity index (χ3n) is 3.88. The number of benzene rings is 1. The van der Waals surface area contributed by atoms with Crippen molar-refractivity contribution < 1.29 is 4.39 Å². The van der Waals surface area contributed by atoms with Crippen LogP contribution in [0.25, 0.3) is 11.0 Å². The Kier molecular flexibility index (Phi) is 4.06. The Hall–Kier alpha value is -2.02. The van der Waals surface area contributed by atoms with Gasteiger partial charge in [-0.05, 0) is 33.6 Å². The lowest BCUT2D eigenvalue weighted by molar-refractivity contribution is 0.546. The Morgan fingerprint density at radius 2 is 2.09 bits per heavy atom. The molecule has 0 bridgehead atoms. The summed E-state index contributed by atoms with van der Waals surface area (Å²) < 4.78 is 15.9. The minimum atomic E-state index is -0.256. The average Bonchev–Trinajstić information content (AvgIpc) is 2.81. The highest BCUT2D eigenvalue weighted by atomic mass is 79.9. The number of halogens is 2. The summed E-state index contributed by atoms with van der Waals surface area (Å²) in [6.07, 6.45) is 1.51. The first-order chi connectivity index (χ1) is 10.9. The number of fused-ring (bicyclic) bond motifs is 1. The molecule has 0 atom stereocenters. The number of rotatable bonds is 4. The fraction of sp³-hybridized carbons (Fsp3) is 0.312. The second-order valence-electron chi connectivity index (χ2n) is 6.08. The second kappa shape index (κ2) is 5.88. The van der Waals surface area contributed by atoms with Crippen molar-refractivity contribution in [2.75, 3.05) is 11.9 Å². The van der Waals surface area contributed by atoms with E-state index in [4.69, 9.17) is 0 Å². The van der Waals surface area contributed by atoms with Crippen LogP contribution in [0.2, 0.25) is 0 Å². The molecule has 0 spiro atoms. The Morgan fingerprint density at radius 1 is 1.30 bits per heavy atom. The molecule has 23 heavy (non-hydrogen) atoms. The molecule has 0 saturated carbocycles. The summed E-state index contributed by atoms with van der Waals surface area (Å²) in [5, 5.41) is 8.49. The van der Waals surface area contributed by atoms with Gasteiger partial charge in [0.2, 0.25) is 0 Å². The van der Waals surface area contributed by atoms with Crippen LogP contribution in [0.1, 0.15) is 19.4 Å². The Balaban J connectivity index is 1.88. The van der Waals surface area contributed by atoms with E-state index < -0.39 is 0 Å². The number of nitrogens with zero attached hydrogens (tertiary/aromatic N) is 4. The van der Waals surface area contributed by atoms with Gasteiger partial charge in [-0.2, -0.15) is 5.10 Å². The van der Waals surface area contributed by atoms with Crippen molar-refractivity contribution in [2.45, 2.75) is 19.3 Å². The first-order valence-electron chi connectivity index (χ1n) is 7.21. The Morgan fingerprint density at radius 3 is 2.83 bits per heavy atom. The molecule has 2 heterocycles. The van der Waals surface area contributed by atoms with Crippen LogP contribution in [-0.4, -0.2) is 26.3 Å². The van der Waals surface area contributed by atoms with E-state index in [1.807, 2.05) is 13.1 Å². The van der Waals surface area contributed by atoms with E-state index in [0.29, 0.717) is 17.0 Å². The first kappa shape index (κ1) is 15.9. The molecule has 0 unspecified atom stereocenters. The number of anilines is 1. The lowest BCUT2D eigenvalue weighted by Gasteiger charge is -2.26. The quantitative estimate of drug-likeness (QED) is 0.753. The molecule has 0 aliphatic carbocycles. The van der Waals surface area contributed by atoms with E-state index in [0.717, 1.165) is 16.6 Å². The number of nitrogens with one attached hydrogen (secondary N) is 1. The van der Waals surface area contributed by atoms with Gasteiger partial charge >= 0.3 is 0 Å². The predicted octanol–water partition coefficient (Wildman–Crippen LogP) is 3.65. The highest BCUT2D eigenvalue weighted by molar-refractivity contribution is 9.10. The lowest BCUT2D eigenvalue weighted by Crippen LogP contribution is -2.28. The molecule has 0 aliphatic heterocycles. The maximum Gasteiger partial charge on any atom is 0.164 e. The smallest absolute Gasteiger partial charge is 0.164 e. The largest absolute Gasteiger partial charge is 0.368 e. The molecule has 0 aliphatic rings. The van der Waals surface area contributed by atoms with Gasteiger partial charge < -0.3 is 5.32 Å². The van der Waals surface area contributed by atoms with Gasteiger partial charge in [-0.1, -0.05) is 26.0 Å². The lowest BCUT2D eigenvalue weighted by atomic mass is 9.84. The van der Waals surface area contributed by atoms with Crippen molar-refractivity contribution in [1.29, 1.82) is 0 Å². The first-order valence-corrected chi connectivity index (χ1v) is 8.01. The zero-order valence-corrected chi connectivity index (χ0v) is 14.7. The van der Waals surface area contributed by atoms with E-state index in [9.17, 15) is 4.39 Å². The van der Waals surface area contributed by atoms with Gasteiger partial charge in [0.15, 0.2) is 5.65 Å². The summed E-state index contributed by atoms with van der Waals surface area (Å²) in [6, 6.07) is 6.68. The minimum absolute atomic E-state index is 0.227. The van der Waals surface area contributed by atoms with Crippen LogP contribution in [0.4, 0.5) is 10.2 Å². The zero-order chi connectivity index (χ0) is 16.6. The number of hydrogen-bond acceptors (Lipinski definition) is 4. The molecule has 0 saturated heterocycles. The highest BCUT2D eigenvalue weighted by Gasteiger charge is 2.22. The minimum Gasteiger partial charge on any atom is -0.368 e. The fourth-order valence-electron chi connectivity index (χ4n) is 2.49. The van der Waals surface area contributed by atoms with E-state index in [-0.39, 0.29) is 11.2 Å². The summed E-state index contributed by atoms with van der Waals surface area (Å²) in [5.74, 6) is 0.481. The van der Waals surface area contributed by atoms with Crippen molar-refractivity contribution in [3.8, 4) is 0 Å². The van der Waals surface area contributed by atoms with Crippen LogP contribution >= 0.6 is 15.9 Å². The van der Waals surface area contributed by atoms with Crippen molar-refractivity contribution in [3.63, 3.8) is 0 Å². The highest BCUT2D eigenvalue weighted by Crippen LogP contribution is 2.29. The van der Waals surface area contributed by atoms with E-state index in [1.165, 1.54) is 12.4 Å². The fourth-order valence-corrected chi connectivity index (χ4v) is 3.09. The average molecular weight is 378 g/mol. The standard InChI is InChI=1S/C16H17BrFN5/c1-16(2,10-5-4-6-11(18)7-10)8-19-14-12-13(17)22-23(3)15(12)21-9-20-14/h4-7,9H,8H2,1-3H3,(H,19,20,21). The van der Waals surface area contributed by atoms with Crippen LogP contribution in [0.3, 0.4) is 0 Å². The van der Waals surface area contributed by atoms with Crippen LogP contribution < -0.4 is 5.32 Å². The molecule has 2 aromatic heterocycles. The Bertz CT molecular complexity index is 859. The number of aryl methyl sites for hydroxylation is 1. The van der Waals surface area contributed by atoms with Crippen molar-refractivity contribution in [1.82, 2.24) is 19.7 Å². The van der Waals surface area contributed by atoms with Gasteiger partial charge in [-0.25, -0.2) is 19.0 Å². The van der Waals surface area contributed by atoms with E-state index >= 15 is 0 Å². The molecule has 5 nitrogen and oxygen atoms in total. The maximum atomic E-state index is 13.5. The van der Waals surface area contributed by atoms with Crippen LogP contribution in [0.15, 0.2) is 35.2 Å². The van der Waals surface area contributed by atoms with Crippen LogP contribution in [0, 0.1) is 5.82 Å². The monoisotopic (exact) mass is 377 g/mol. The Labute approximate surface area is 142 Å². The van der Waals surface area contributed by atoms with Crippen molar-refractivity contribution >= 4 is 32.8 Å². The predicted molar refractivity (Wildman–Crippen MR) is 91.9 cm³/mol. The third kappa shape index (κ3) is 3.06. The molecular formula is C16H17BrFN5. The summed E-state index contributed by atoms with van der Waals surface area (Å²) in [4.78, 5) is 8.56. The van der Waals surface area contributed by atoms with Crippen molar-refractivity contribution in [2.24, 2.45) is 7.05 Å². The summed E-state index contributed by atoms with van der Waals surface area (Å²) in [6.45, 7) is 4.72. The van der Waals surface area contributed by atoms with Gasteiger partial charge in [-0.15, -0.1) is 0 Å². The van der Waals surface area contributed by atoms with Crippen LogP contribution in [-0.2, 0) is 12.5 Å². The van der Waals surface area contributed by atoms with Gasteiger partial charge in [0.05, 0.1) is 5.39 Å². The van der Waals surface area contributed by atoms with E-state index in [1.54, 1.807) is 16.8 Å². The summed E-state index contributed by atoms with van der Waals surface area (Å²) in [5.41, 5.74) is 1.42. The SMILES string of the molecule is Cn1nc(Br)c2c(NCC(C)(C)c3cccc(F)c3)ncnc21. The summed E-state index contributed by atoms with van der Waals surface area (Å²) >= 11 is 3.44. The molecule has 7 heteroatoms. The molecule has 120 valence electrons. The third-order valence-corrected chi connectivity index (χ3v) is 4.44. The molecule has 3 aromatic rings. The van der Waals surface area contributed by atoms with Crippen LogP contribution in [0.5, 0.6) is 0 Å². The molecule has 0 radical (unpaired) electrons. The normalized spacial score (nSPS) is 11.9. The summed E-state index contributed by atoms with van der Waals surface area (Å²) in [7, 11) is 1.83. The second-order valence-corrected chi connectivity index (χ2v) is 6.83.